The summed E-state index contributed by atoms with van der Waals surface area (Å²) in [4.78, 5) is 32.1. The van der Waals surface area contributed by atoms with E-state index in [-0.39, 0.29) is 24.0 Å². The molecule has 1 aliphatic heterocycles. The SMILES string of the molecule is O=C(NCCNc1ccnc2cc(Cl)ccc12)N[C@H]1C(=O)N(C2CCCCC2)[C@H]1/C=C/c1ccccc1. The fourth-order valence-electron chi connectivity index (χ4n) is 5.28. The lowest BCUT2D eigenvalue weighted by atomic mass is 9.85. The number of rotatable bonds is 8. The van der Waals surface area contributed by atoms with Crippen molar-refractivity contribution in [1.82, 2.24) is 20.5 Å². The largest absolute Gasteiger partial charge is 0.383 e. The first kappa shape index (κ1) is 25.1. The van der Waals surface area contributed by atoms with Crippen molar-refractivity contribution in [3.8, 4) is 0 Å². The van der Waals surface area contributed by atoms with Crippen molar-refractivity contribution in [3.05, 3.63) is 77.5 Å². The molecule has 2 atom stereocenters. The van der Waals surface area contributed by atoms with Crippen LogP contribution in [-0.4, -0.2) is 53.0 Å². The molecule has 0 bridgehead atoms. The van der Waals surface area contributed by atoms with Crippen LogP contribution in [0.2, 0.25) is 5.02 Å². The lowest BCUT2D eigenvalue weighted by molar-refractivity contribution is -0.152. The predicted octanol–water partition coefficient (Wildman–Crippen LogP) is 5.22. The monoisotopic (exact) mass is 517 g/mol. The Balaban J connectivity index is 1.17. The van der Waals surface area contributed by atoms with E-state index in [1.54, 1.807) is 6.20 Å². The van der Waals surface area contributed by atoms with Crippen molar-refractivity contribution < 1.29 is 9.59 Å². The molecule has 2 aromatic carbocycles. The molecule has 1 saturated carbocycles. The van der Waals surface area contributed by atoms with Gasteiger partial charge in [0.05, 0.1) is 11.6 Å². The molecule has 0 radical (unpaired) electrons. The number of nitrogens with zero attached hydrogens (tertiary/aromatic N) is 2. The summed E-state index contributed by atoms with van der Waals surface area (Å²) >= 11 is 6.07. The number of anilines is 1. The van der Waals surface area contributed by atoms with E-state index >= 15 is 0 Å². The Morgan fingerprint density at radius 1 is 1.05 bits per heavy atom. The molecular weight excluding hydrogens is 486 g/mol. The quantitative estimate of drug-likeness (QED) is 0.282. The molecule has 0 unspecified atom stereocenters. The van der Waals surface area contributed by atoms with Gasteiger partial charge in [0.25, 0.3) is 0 Å². The number of aromatic nitrogens is 1. The van der Waals surface area contributed by atoms with Crippen LogP contribution in [0.1, 0.15) is 37.7 Å². The van der Waals surface area contributed by atoms with Gasteiger partial charge in [-0.15, -0.1) is 0 Å². The second-order valence-corrected chi connectivity index (χ2v) is 10.1. The molecule has 2 aliphatic rings. The number of hydrogen-bond acceptors (Lipinski definition) is 4. The summed E-state index contributed by atoms with van der Waals surface area (Å²) in [6.45, 7) is 0.931. The third-order valence-electron chi connectivity index (χ3n) is 7.15. The number of halogens is 1. The van der Waals surface area contributed by atoms with Crippen LogP contribution in [0.3, 0.4) is 0 Å². The van der Waals surface area contributed by atoms with E-state index in [0.717, 1.165) is 47.8 Å². The molecule has 37 heavy (non-hydrogen) atoms. The fourth-order valence-corrected chi connectivity index (χ4v) is 5.45. The summed E-state index contributed by atoms with van der Waals surface area (Å²) in [5.41, 5.74) is 2.81. The highest BCUT2D eigenvalue weighted by Gasteiger charge is 2.49. The zero-order chi connectivity index (χ0) is 25.6. The maximum atomic E-state index is 13.1. The van der Waals surface area contributed by atoms with E-state index in [4.69, 9.17) is 11.6 Å². The van der Waals surface area contributed by atoms with Crippen molar-refractivity contribution in [1.29, 1.82) is 0 Å². The Bertz CT molecular complexity index is 1280. The van der Waals surface area contributed by atoms with E-state index in [1.165, 1.54) is 6.42 Å². The summed E-state index contributed by atoms with van der Waals surface area (Å²) < 4.78 is 0. The summed E-state index contributed by atoms with van der Waals surface area (Å²) in [5, 5.41) is 10.7. The van der Waals surface area contributed by atoms with E-state index in [1.807, 2.05) is 65.6 Å². The molecule has 3 aromatic rings. The number of likely N-dealkylation sites (tertiary alicyclic amines) is 1. The van der Waals surface area contributed by atoms with E-state index in [9.17, 15) is 9.59 Å². The predicted molar refractivity (Wildman–Crippen MR) is 149 cm³/mol. The van der Waals surface area contributed by atoms with Crippen LogP contribution in [0.4, 0.5) is 10.5 Å². The molecule has 3 N–H and O–H groups in total. The van der Waals surface area contributed by atoms with Gasteiger partial charge in [-0.1, -0.05) is 73.3 Å². The van der Waals surface area contributed by atoms with Gasteiger partial charge in [-0.25, -0.2) is 4.79 Å². The molecule has 1 aromatic heterocycles. The number of carbonyl (C=O) groups excluding carboxylic acids is 2. The van der Waals surface area contributed by atoms with E-state index in [2.05, 4.69) is 27.0 Å². The fraction of sp³-hybridized carbons (Fsp3) is 0.345. The number of amides is 3. The van der Waals surface area contributed by atoms with Crippen LogP contribution in [0.5, 0.6) is 0 Å². The Kier molecular flexibility index (Phi) is 7.90. The molecule has 192 valence electrons. The standard InChI is InChI=1S/C29H32ClN5O2/c30-21-12-13-23-24(15-16-31-25(23)19-21)32-17-18-33-29(37)34-27-26(14-11-20-7-3-1-4-8-20)35(28(27)36)22-9-5-2-6-10-22/h1,3-4,7-8,11-16,19,22,26-27H,2,5-6,9-10,17-18H2,(H,31,32)(H2,33,34,37)/b14-11+/t26-,27+/m0/s1. The molecule has 0 spiro atoms. The molecule has 1 saturated heterocycles. The van der Waals surface area contributed by atoms with Gasteiger partial charge in [0, 0.05) is 41.4 Å². The average molecular weight is 518 g/mol. The Hall–Kier alpha value is -3.58. The topological polar surface area (TPSA) is 86.4 Å². The van der Waals surface area contributed by atoms with Gasteiger partial charge < -0.3 is 20.9 Å². The normalized spacial score (nSPS) is 20.1. The van der Waals surface area contributed by atoms with E-state index < -0.39 is 6.04 Å². The van der Waals surface area contributed by atoms with Gasteiger partial charge in [0.1, 0.15) is 6.04 Å². The highest BCUT2D eigenvalue weighted by molar-refractivity contribution is 6.31. The van der Waals surface area contributed by atoms with Gasteiger partial charge in [-0.3, -0.25) is 9.78 Å². The number of hydrogen-bond donors (Lipinski definition) is 3. The first-order valence-corrected chi connectivity index (χ1v) is 13.4. The second-order valence-electron chi connectivity index (χ2n) is 9.62. The zero-order valence-electron chi connectivity index (χ0n) is 20.7. The molecular formula is C29H32ClN5O2. The minimum absolute atomic E-state index is 0.00445. The Labute approximate surface area is 222 Å². The van der Waals surface area contributed by atoms with E-state index in [0.29, 0.717) is 18.1 Å². The van der Waals surface area contributed by atoms with Crippen LogP contribution < -0.4 is 16.0 Å². The van der Waals surface area contributed by atoms with Gasteiger partial charge in [-0.05, 0) is 42.7 Å². The molecule has 5 rings (SSSR count). The molecule has 8 heteroatoms. The first-order valence-electron chi connectivity index (χ1n) is 13.0. The van der Waals surface area contributed by atoms with Crippen LogP contribution in [0.25, 0.3) is 17.0 Å². The van der Waals surface area contributed by atoms with Crippen molar-refractivity contribution >= 4 is 46.2 Å². The third-order valence-corrected chi connectivity index (χ3v) is 7.39. The number of β-lactam (4-membered cyclic amide) rings is 1. The molecule has 7 nitrogen and oxygen atoms in total. The lowest BCUT2D eigenvalue weighted by Crippen LogP contribution is -2.73. The smallest absolute Gasteiger partial charge is 0.315 e. The van der Waals surface area contributed by atoms with Crippen molar-refractivity contribution in [3.63, 3.8) is 0 Å². The molecule has 1 aliphatic carbocycles. The molecule has 2 heterocycles. The van der Waals surface area contributed by atoms with Crippen molar-refractivity contribution in [2.24, 2.45) is 0 Å². The van der Waals surface area contributed by atoms with Gasteiger partial charge in [0.2, 0.25) is 5.91 Å². The molecule has 2 fully saturated rings. The minimum atomic E-state index is -0.552. The number of fused-ring (bicyclic) bond motifs is 1. The van der Waals surface area contributed by atoms with Crippen molar-refractivity contribution in [2.45, 2.75) is 50.2 Å². The number of urea groups is 1. The minimum Gasteiger partial charge on any atom is -0.383 e. The third kappa shape index (κ3) is 5.88. The number of benzene rings is 2. The second kappa shape index (κ2) is 11.6. The zero-order valence-corrected chi connectivity index (χ0v) is 21.5. The number of pyridine rings is 1. The number of carbonyl (C=O) groups is 2. The van der Waals surface area contributed by atoms with Gasteiger partial charge in [0.15, 0.2) is 0 Å². The average Bonchev–Trinajstić information content (AvgIpc) is 2.92. The summed E-state index contributed by atoms with van der Waals surface area (Å²) in [6.07, 6.45) is 11.4. The highest BCUT2D eigenvalue weighted by atomic mass is 35.5. The first-order chi connectivity index (χ1) is 18.1. The highest BCUT2D eigenvalue weighted by Crippen LogP contribution is 2.32. The van der Waals surface area contributed by atoms with Crippen LogP contribution in [-0.2, 0) is 4.79 Å². The van der Waals surface area contributed by atoms with Crippen LogP contribution >= 0.6 is 11.6 Å². The summed E-state index contributed by atoms with van der Waals surface area (Å²) in [6, 6.07) is 16.7. The summed E-state index contributed by atoms with van der Waals surface area (Å²) in [5.74, 6) is 0.00445. The molecule has 3 amide bonds. The maximum absolute atomic E-state index is 13.1. The van der Waals surface area contributed by atoms with Crippen LogP contribution in [0, 0.1) is 0 Å². The number of nitrogens with one attached hydrogen (secondary N) is 3. The Morgan fingerprint density at radius 2 is 1.86 bits per heavy atom. The van der Waals surface area contributed by atoms with Crippen molar-refractivity contribution in [2.75, 3.05) is 18.4 Å². The van der Waals surface area contributed by atoms with Gasteiger partial charge >= 0.3 is 6.03 Å². The van der Waals surface area contributed by atoms with Crippen LogP contribution in [0.15, 0.2) is 66.9 Å². The summed E-state index contributed by atoms with van der Waals surface area (Å²) in [7, 11) is 0. The lowest BCUT2D eigenvalue weighted by Gasteiger charge is -2.51. The Morgan fingerprint density at radius 3 is 2.68 bits per heavy atom. The van der Waals surface area contributed by atoms with Gasteiger partial charge in [-0.2, -0.15) is 0 Å². The maximum Gasteiger partial charge on any atom is 0.315 e.